The lowest BCUT2D eigenvalue weighted by atomic mass is 9.92. The Morgan fingerprint density at radius 3 is 2.73 bits per heavy atom. The number of hydrogen-bond acceptors (Lipinski definition) is 5. The van der Waals surface area contributed by atoms with Crippen LogP contribution in [0.2, 0.25) is 0 Å². The fourth-order valence-electron chi connectivity index (χ4n) is 3.59. The first-order valence-corrected chi connectivity index (χ1v) is 9.82. The van der Waals surface area contributed by atoms with Gasteiger partial charge in [0.1, 0.15) is 5.82 Å². The number of hydrogen-bond donors (Lipinski definition) is 1. The molecule has 1 fully saturated rings. The van der Waals surface area contributed by atoms with E-state index >= 15 is 0 Å². The summed E-state index contributed by atoms with van der Waals surface area (Å²) in [4.78, 5) is 27.7. The standard InChI is InChI=1S/C24H23N5O/c1-3-21(28-20-10-5-4-7-16(20)2)29-14-19(15-29)23-22(26-11-12-27-23)17-8-6-9-18(13-17)24(25)30/h3-13,19H,2,14-15H2,1H3,(H2,25,30)/b21-3+,28-20-. The minimum atomic E-state index is -0.456. The fraction of sp³-hybridized carbons (Fsp3) is 0.167. The van der Waals surface area contributed by atoms with Gasteiger partial charge >= 0.3 is 0 Å². The minimum Gasteiger partial charge on any atom is -0.366 e. The van der Waals surface area contributed by atoms with Crippen molar-refractivity contribution >= 4 is 11.6 Å². The summed E-state index contributed by atoms with van der Waals surface area (Å²) in [6, 6.07) is 7.21. The van der Waals surface area contributed by atoms with E-state index in [4.69, 9.17) is 10.7 Å². The molecule has 0 atom stereocenters. The number of amides is 1. The van der Waals surface area contributed by atoms with E-state index in [1.54, 1.807) is 24.5 Å². The molecular weight excluding hydrogens is 374 g/mol. The zero-order chi connectivity index (χ0) is 21.1. The summed E-state index contributed by atoms with van der Waals surface area (Å²) in [5, 5.41) is 0. The third-order valence-corrected chi connectivity index (χ3v) is 5.22. The molecule has 4 rings (SSSR count). The lowest BCUT2D eigenvalue weighted by Gasteiger charge is -2.41. The van der Waals surface area contributed by atoms with Crippen LogP contribution in [0.15, 0.2) is 90.0 Å². The highest BCUT2D eigenvalue weighted by atomic mass is 16.1. The Morgan fingerprint density at radius 1 is 1.23 bits per heavy atom. The first-order chi connectivity index (χ1) is 14.6. The van der Waals surface area contributed by atoms with Crippen LogP contribution >= 0.6 is 0 Å². The van der Waals surface area contributed by atoms with E-state index in [0.29, 0.717) is 5.56 Å². The van der Waals surface area contributed by atoms with Crippen molar-refractivity contribution in [2.75, 3.05) is 13.1 Å². The predicted octanol–water partition coefficient (Wildman–Crippen LogP) is 3.63. The number of carbonyl (C=O) groups excluding carboxylic acids is 1. The van der Waals surface area contributed by atoms with Gasteiger partial charge in [0.05, 0.1) is 17.1 Å². The molecule has 1 aromatic heterocycles. The molecule has 1 aromatic carbocycles. The summed E-state index contributed by atoms with van der Waals surface area (Å²) in [5.41, 5.74) is 10.2. The molecule has 0 saturated carbocycles. The van der Waals surface area contributed by atoms with E-state index in [0.717, 1.165) is 47.1 Å². The predicted molar refractivity (Wildman–Crippen MR) is 119 cm³/mol. The maximum absolute atomic E-state index is 11.6. The summed E-state index contributed by atoms with van der Waals surface area (Å²) < 4.78 is 0. The smallest absolute Gasteiger partial charge is 0.248 e. The Morgan fingerprint density at radius 2 is 2.00 bits per heavy atom. The highest BCUT2D eigenvalue weighted by molar-refractivity contribution is 6.11. The van der Waals surface area contributed by atoms with Gasteiger partial charge in [0.2, 0.25) is 5.91 Å². The molecule has 1 aliphatic heterocycles. The molecule has 30 heavy (non-hydrogen) atoms. The number of aliphatic imine (C=N–C) groups is 1. The molecule has 2 heterocycles. The topological polar surface area (TPSA) is 84.5 Å². The monoisotopic (exact) mass is 397 g/mol. The van der Waals surface area contributed by atoms with Gasteiger partial charge in [-0.15, -0.1) is 0 Å². The van der Waals surface area contributed by atoms with E-state index in [1.165, 1.54) is 0 Å². The third kappa shape index (κ3) is 3.85. The molecule has 6 heteroatoms. The number of nitrogens with two attached hydrogens (primary N) is 1. The Labute approximate surface area is 175 Å². The lowest BCUT2D eigenvalue weighted by Crippen LogP contribution is -2.44. The molecule has 0 unspecified atom stereocenters. The van der Waals surface area contributed by atoms with E-state index in [9.17, 15) is 4.79 Å². The number of benzene rings is 1. The largest absolute Gasteiger partial charge is 0.366 e. The Hall–Kier alpha value is -3.80. The van der Waals surface area contributed by atoms with Crippen molar-refractivity contribution in [1.82, 2.24) is 14.9 Å². The Balaban J connectivity index is 1.54. The number of rotatable bonds is 5. The summed E-state index contributed by atoms with van der Waals surface area (Å²) in [6.07, 6.45) is 13.2. The van der Waals surface area contributed by atoms with Crippen molar-refractivity contribution in [2.24, 2.45) is 10.7 Å². The van der Waals surface area contributed by atoms with Crippen molar-refractivity contribution in [1.29, 1.82) is 0 Å². The zero-order valence-corrected chi connectivity index (χ0v) is 16.8. The number of allylic oxidation sites excluding steroid dienone is 6. The maximum atomic E-state index is 11.6. The third-order valence-electron chi connectivity index (χ3n) is 5.22. The minimum absolute atomic E-state index is 0.228. The molecule has 1 amide bonds. The Bertz CT molecular complexity index is 1120. The van der Waals surface area contributed by atoms with Gasteiger partial charge in [0.15, 0.2) is 0 Å². The van der Waals surface area contributed by atoms with E-state index in [1.807, 2.05) is 49.4 Å². The number of primary amides is 1. The van der Waals surface area contributed by atoms with Crippen molar-refractivity contribution in [3.8, 4) is 11.3 Å². The van der Waals surface area contributed by atoms with Crippen LogP contribution in [-0.2, 0) is 0 Å². The molecule has 0 spiro atoms. The molecule has 1 saturated heterocycles. The first kappa shape index (κ1) is 19.5. The normalized spacial score (nSPS) is 18.0. The van der Waals surface area contributed by atoms with Crippen molar-refractivity contribution < 1.29 is 4.79 Å². The number of carbonyl (C=O) groups is 1. The molecule has 150 valence electrons. The van der Waals surface area contributed by atoms with Crippen LogP contribution in [0.3, 0.4) is 0 Å². The highest BCUT2D eigenvalue weighted by Crippen LogP contribution is 2.34. The van der Waals surface area contributed by atoms with Crippen LogP contribution in [0, 0.1) is 0 Å². The molecule has 2 aromatic rings. The molecule has 6 nitrogen and oxygen atoms in total. The number of nitrogens with zero attached hydrogens (tertiary/aromatic N) is 4. The van der Waals surface area contributed by atoms with Crippen LogP contribution < -0.4 is 5.73 Å². The lowest BCUT2D eigenvalue weighted by molar-refractivity contribution is 0.100. The van der Waals surface area contributed by atoms with Gasteiger partial charge in [0, 0.05) is 42.5 Å². The number of aromatic nitrogens is 2. The highest BCUT2D eigenvalue weighted by Gasteiger charge is 2.33. The van der Waals surface area contributed by atoms with Gasteiger partial charge in [-0.05, 0) is 36.8 Å². The van der Waals surface area contributed by atoms with E-state index in [-0.39, 0.29) is 5.92 Å². The summed E-state index contributed by atoms with van der Waals surface area (Å²) in [5.74, 6) is 0.691. The molecule has 2 N–H and O–H groups in total. The SMILES string of the molecule is C=C1C=CC=C/C1=N/C(=C\C)N1CC(c2nccnc2-c2cccc(C(N)=O)c2)C1. The van der Waals surface area contributed by atoms with Crippen LogP contribution in [0.25, 0.3) is 11.3 Å². The Kier molecular flexibility index (Phi) is 5.39. The average Bonchev–Trinajstić information content (AvgIpc) is 2.73. The fourth-order valence-corrected chi connectivity index (χ4v) is 3.59. The maximum Gasteiger partial charge on any atom is 0.248 e. The van der Waals surface area contributed by atoms with Gasteiger partial charge in [-0.1, -0.05) is 36.9 Å². The van der Waals surface area contributed by atoms with Crippen LogP contribution in [0.4, 0.5) is 0 Å². The molecule has 1 aliphatic carbocycles. The molecule has 0 bridgehead atoms. The van der Waals surface area contributed by atoms with Crippen LogP contribution in [0.5, 0.6) is 0 Å². The second-order valence-electron chi connectivity index (χ2n) is 7.22. The molecular formula is C24H23N5O. The summed E-state index contributed by atoms with van der Waals surface area (Å²) in [6.45, 7) is 7.63. The van der Waals surface area contributed by atoms with Crippen molar-refractivity contribution in [3.63, 3.8) is 0 Å². The van der Waals surface area contributed by atoms with Gasteiger partial charge in [-0.3, -0.25) is 14.8 Å². The average molecular weight is 397 g/mol. The summed E-state index contributed by atoms with van der Waals surface area (Å²) >= 11 is 0. The molecule has 2 aliphatic rings. The second-order valence-corrected chi connectivity index (χ2v) is 7.22. The number of likely N-dealkylation sites (tertiary alicyclic amines) is 1. The second kappa shape index (κ2) is 8.29. The van der Waals surface area contributed by atoms with E-state index < -0.39 is 5.91 Å². The van der Waals surface area contributed by atoms with Gasteiger partial charge < -0.3 is 10.6 Å². The van der Waals surface area contributed by atoms with Gasteiger partial charge in [-0.2, -0.15) is 0 Å². The van der Waals surface area contributed by atoms with Gasteiger partial charge in [0.25, 0.3) is 0 Å². The van der Waals surface area contributed by atoms with Crippen LogP contribution in [-0.4, -0.2) is 39.6 Å². The molecule has 0 radical (unpaired) electrons. The first-order valence-electron chi connectivity index (χ1n) is 9.82. The quantitative estimate of drug-likeness (QED) is 0.835. The van der Waals surface area contributed by atoms with Crippen molar-refractivity contribution in [2.45, 2.75) is 12.8 Å². The zero-order valence-electron chi connectivity index (χ0n) is 16.8. The van der Waals surface area contributed by atoms with E-state index in [2.05, 4.69) is 21.4 Å². The summed E-state index contributed by atoms with van der Waals surface area (Å²) in [7, 11) is 0. The van der Waals surface area contributed by atoms with Crippen molar-refractivity contribution in [3.05, 3.63) is 96.3 Å². The van der Waals surface area contributed by atoms with Gasteiger partial charge in [-0.25, -0.2) is 4.99 Å². The van der Waals surface area contributed by atoms with Crippen LogP contribution in [0.1, 0.15) is 28.9 Å².